The van der Waals surface area contributed by atoms with Crippen molar-refractivity contribution in [2.45, 2.75) is 54.9 Å². The number of aryl methyl sites for hydroxylation is 5. The van der Waals surface area contributed by atoms with Crippen LogP contribution in [0.3, 0.4) is 0 Å². The van der Waals surface area contributed by atoms with Crippen molar-refractivity contribution in [2.24, 2.45) is 0 Å². The molecule has 1 radical (unpaired) electrons. The van der Waals surface area contributed by atoms with E-state index in [1.165, 1.54) is 53.1 Å². The van der Waals surface area contributed by atoms with Crippen molar-refractivity contribution in [1.82, 2.24) is 4.98 Å². The molecule has 3 nitrogen and oxygen atoms in total. The van der Waals surface area contributed by atoms with Gasteiger partial charge in [-0.2, -0.15) is 0 Å². The number of benzene rings is 2. The van der Waals surface area contributed by atoms with Crippen molar-refractivity contribution in [3.05, 3.63) is 76.1 Å². The second-order valence-electron chi connectivity index (χ2n) is 7.63. The summed E-state index contributed by atoms with van der Waals surface area (Å²) >= 11 is 0. The number of aliphatic hydroxyl groups is 1. The van der Waals surface area contributed by atoms with Gasteiger partial charge in [-0.3, -0.25) is 9.78 Å². The molecular formula is C26H30IrNO2-. The second-order valence-corrected chi connectivity index (χ2v) is 7.63. The number of carbonyl (C=O) groups excluding carboxylic acids is 1. The molecule has 0 aliphatic rings. The van der Waals surface area contributed by atoms with Crippen LogP contribution in [-0.2, 0) is 31.3 Å². The van der Waals surface area contributed by atoms with Gasteiger partial charge in [0.05, 0.1) is 11.3 Å². The first-order valence-corrected chi connectivity index (χ1v) is 9.90. The maximum Gasteiger partial charge on any atom is 0.155 e. The average Bonchev–Trinajstić information content (AvgIpc) is 2.60. The Morgan fingerprint density at radius 2 is 1.67 bits per heavy atom. The molecule has 3 aromatic rings. The van der Waals surface area contributed by atoms with Crippen LogP contribution in [-0.4, -0.2) is 15.9 Å². The van der Waals surface area contributed by atoms with Gasteiger partial charge in [-0.25, -0.2) is 0 Å². The number of nitrogens with zero attached hydrogens (tertiary/aromatic N) is 1. The largest absolute Gasteiger partial charge is 0.512 e. The SMILES string of the molecule is CC(=O)/C=C(/C)O.CCc1cc2cc(C)c(C)cc2nc1-c1[c-]c(C)cc(C)c1.[Ir]. The van der Waals surface area contributed by atoms with Crippen molar-refractivity contribution < 1.29 is 30.0 Å². The monoisotopic (exact) mass is 581 g/mol. The number of pyridine rings is 1. The van der Waals surface area contributed by atoms with Gasteiger partial charge in [0, 0.05) is 26.2 Å². The fourth-order valence-electron chi connectivity index (χ4n) is 3.30. The Kier molecular flexibility index (Phi) is 9.61. The second kappa shape index (κ2) is 11.2. The van der Waals surface area contributed by atoms with Crippen LogP contribution in [0.5, 0.6) is 0 Å². The Hall–Kier alpha value is -2.29. The molecule has 0 saturated carbocycles. The van der Waals surface area contributed by atoms with E-state index in [1.807, 2.05) is 0 Å². The molecule has 161 valence electrons. The van der Waals surface area contributed by atoms with Gasteiger partial charge in [0.2, 0.25) is 0 Å². The first-order chi connectivity index (χ1) is 13.6. The molecule has 1 N–H and O–H groups in total. The molecule has 0 spiro atoms. The molecular weight excluding hydrogens is 551 g/mol. The molecule has 0 aliphatic carbocycles. The summed E-state index contributed by atoms with van der Waals surface area (Å²) in [5, 5.41) is 9.59. The number of carbonyl (C=O) groups is 1. The van der Waals surface area contributed by atoms with Crippen LogP contribution in [0, 0.1) is 33.8 Å². The Bertz CT molecular complexity index is 1060. The summed E-state index contributed by atoms with van der Waals surface area (Å²) in [6, 6.07) is 14.5. The van der Waals surface area contributed by atoms with Gasteiger partial charge < -0.3 is 5.11 Å². The summed E-state index contributed by atoms with van der Waals surface area (Å²) < 4.78 is 0. The number of ketones is 1. The van der Waals surface area contributed by atoms with Crippen molar-refractivity contribution in [1.29, 1.82) is 0 Å². The van der Waals surface area contributed by atoms with E-state index in [9.17, 15) is 4.79 Å². The normalized spacial score (nSPS) is 10.8. The summed E-state index contributed by atoms with van der Waals surface area (Å²) in [6.07, 6.45) is 2.14. The number of aliphatic hydroxyl groups excluding tert-OH is 1. The van der Waals surface area contributed by atoms with Gasteiger partial charge in [-0.05, 0) is 68.5 Å². The maximum absolute atomic E-state index is 10.0. The molecule has 30 heavy (non-hydrogen) atoms. The number of aromatic nitrogens is 1. The Morgan fingerprint density at radius 3 is 2.17 bits per heavy atom. The van der Waals surface area contributed by atoms with Gasteiger partial charge in [0.15, 0.2) is 5.78 Å². The number of fused-ring (bicyclic) bond motifs is 1. The van der Waals surface area contributed by atoms with Crippen LogP contribution < -0.4 is 0 Å². The molecule has 0 fully saturated rings. The van der Waals surface area contributed by atoms with E-state index in [2.05, 4.69) is 71.0 Å². The Morgan fingerprint density at radius 1 is 1.03 bits per heavy atom. The summed E-state index contributed by atoms with van der Waals surface area (Å²) in [5.41, 5.74) is 9.58. The standard InChI is InChI=1S/C21H22N.C5H8O2.Ir/c1-6-17-12-18-10-15(4)16(5)11-20(18)22-21(17)19-8-13(2)7-14(3)9-19;1-4(6)3-5(2)7;/h7-8,10-12H,6H2,1-5H3;3,6H,1-2H3;/q-1;;/b;4-3-;. The minimum atomic E-state index is -0.125. The first-order valence-electron chi connectivity index (χ1n) is 9.90. The fraction of sp³-hybridized carbons (Fsp3) is 0.308. The number of hydrogen-bond donors (Lipinski definition) is 1. The van der Waals surface area contributed by atoms with Crippen LogP contribution in [0.1, 0.15) is 48.6 Å². The Labute approximate surface area is 193 Å². The predicted molar refractivity (Wildman–Crippen MR) is 121 cm³/mol. The van der Waals surface area contributed by atoms with Gasteiger partial charge in [0.1, 0.15) is 0 Å². The van der Waals surface area contributed by atoms with E-state index in [0.717, 1.165) is 23.2 Å². The zero-order chi connectivity index (χ0) is 21.7. The first kappa shape index (κ1) is 25.7. The fourth-order valence-corrected chi connectivity index (χ4v) is 3.30. The van der Waals surface area contributed by atoms with Gasteiger partial charge in [-0.1, -0.05) is 32.4 Å². The molecule has 1 aromatic heterocycles. The molecule has 1 heterocycles. The minimum Gasteiger partial charge on any atom is -0.512 e. The quantitative estimate of drug-likeness (QED) is 0.218. The molecule has 0 unspecified atom stereocenters. The average molecular weight is 581 g/mol. The van der Waals surface area contributed by atoms with E-state index in [4.69, 9.17) is 10.1 Å². The molecule has 0 bridgehead atoms. The van der Waals surface area contributed by atoms with Crippen LogP contribution in [0.15, 0.2) is 42.2 Å². The molecule has 2 aromatic carbocycles. The van der Waals surface area contributed by atoms with E-state index in [-0.39, 0.29) is 31.6 Å². The molecule has 0 atom stereocenters. The van der Waals surface area contributed by atoms with Crippen molar-refractivity contribution >= 4 is 16.7 Å². The van der Waals surface area contributed by atoms with E-state index in [1.54, 1.807) is 0 Å². The van der Waals surface area contributed by atoms with Crippen LogP contribution in [0.2, 0.25) is 0 Å². The smallest absolute Gasteiger partial charge is 0.155 e. The van der Waals surface area contributed by atoms with Gasteiger partial charge in [-0.15, -0.1) is 34.9 Å². The maximum atomic E-state index is 10.0. The summed E-state index contributed by atoms with van der Waals surface area (Å²) in [6.45, 7) is 13.6. The molecule has 0 saturated heterocycles. The van der Waals surface area contributed by atoms with Crippen LogP contribution in [0.4, 0.5) is 0 Å². The van der Waals surface area contributed by atoms with Crippen molar-refractivity contribution in [2.75, 3.05) is 0 Å². The van der Waals surface area contributed by atoms with E-state index < -0.39 is 0 Å². The zero-order valence-corrected chi connectivity index (χ0v) is 21.2. The summed E-state index contributed by atoms with van der Waals surface area (Å²) in [5.74, 6) is -0.0625. The third-order valence-electron chi connectivity index (χ3n) is 4.71. The van der Waals surface area contributed by atoms with Gasteiger partial charge >= 0.3 is 0 Å². The topological polar surface area (TPSA) is 50.2 Å². The van der Waals surface area contributed by atoms with Gasteiger partial charge in [0.25, 0.3) is 0 Å². The Balaban J connectivity index is 0.000000489. The number of hydrogen-bond acceptors (Lipinski definition) is 3. The molecule has 4 heteroatoms. The summed E-state index contributed by atoms with van der Waals surface area (Å²) in [4.78, 5) is 15.0. The van der Waals surface area contributed by atoms with E-state index >= 15 is 0 Å². The van der Waals surface area contributed by atoms with Crippen molar-refractivity contribution in [3.63, 3.8) is 0 Å². The molecule has 0 aliphatic heterocycles. The number of allylic oxidation sites excluding steroid dienone is 2. The minimum absolute atomic E-state index is 0. The van der Waals surface area contributed by atoms with E-state index in [0.29, 0.717) is 0 Å². The molecule has 0 amide bonds. The number of rotatable bonds is 3. The van der Waals surface area contributed by atoms with Crippen molar-refractivity contribution in [3.8, 4) is 11.3 Å². The predicted octanol–water partition coefficient (Wildman–Crippen LogP) is 6.53. The third kappa shape index (κ3) is 6.90. The van der Waals surface area contributed by atoms with Crippen LogP contribution in [0.25, 0.3) is 22.2 Å². The zero-order valence-electron chi connectivity index (χ0n) is 18.8. The van der Waals surface area contributed by atoms with Crippen LogP contribution >= 0.6 is 0 Å². The molecule has 3 rings (SSSR count). The summed E-state index contributed by atoms with van der Waals surface area (Å²) in [7, 11) is 0. The third-order valence-corrected chi connectivity index (χ3v) is 4.71.